The van der Waals surface area contributed by atoms with Gasteiger partial charge in [0.2, 0.25) is 0 Å². The van der Waals surface area contributed by atoms with Crippen LogP contribution in [0.25, 0.3) is 11.1 Å². The van der Waals surface area contributed by atoms with Crippen molar-refractivity contribution in [1.29, 1.82) is 5.26 Å². The second-order valence-corrected chi connectivity index (χ2v) is 9.68. The van der Waals surface area contributed by atoms with Crippen molar-refractivity contribution >= 4 is 11.9 Å². The number of carbonyl (C=O) groups is 2. The molecule has 2 atom stereocenters. The molecule has 8 heteroatoms. The van der Waals surface area contributed by atoms with Crippen molar-refractivity contribution in [3.8, 4) is 17.2 Å². The zero-order valence-electron chi connectivity index (χ0n) is 19.9. The fourth-order valence-electron chi connectivity index (χ4n) is 5.13. The molecule has 0 bridgehead atoms. The molecule has 0 aromatic heterocycles. The first-order valence-corrected chi connectivity index (χ1v) is 12.2. The number of amides is 1. The van der Waals surface area contributed by atoms with Crippen LogP contribution in [0.1, 0.15) is 34.3 Å². The number of hydrogen-bond donors (Lipinski definition) is 2. The molecule has 3 aliphatic rings. The van der Waals surface area contributed by atoms with Crippen LogP contribution in [0.3, 0.4) is 0 Å². The summed E-state index contributed by atoms with van der Waals surface area (Å²) >= 11 is 0. The quantitative estimate of drug-likeness (QED) is 0.639. The molecular formula is C27H30N4O4. The molecule has 0 unspecified atom stereocenters. The summed E-state index contributed by atoms with van der Waals surface area (Å²) in [6.07, 6.45) is 1.77. The lowest BCUT2D eigenvalue weighted by Crippen LogP contribution is -2.57. The number of carbonyl (C=O) groups excluding carboxylic acids is 2. The number of nitrogens with one attached hydrogen (secondary N) is 2. The Labute approximate surface area is 205 Å². The van der Waals surface area contributed by atoms with Gasteiger partial charge in [0.15, 0.2) is 5.60 Å². The highest BCUT2D eigenvalue weighted by Crippen LogP contribution is 2.44. The molecule has 35 heavy (non-hydrogen) atoms. The van der Waals surface area contributed by atoms with Gasteiger partial charge in [0, 0.05) is 38.2 Å². The molecule has 0 radical (unpaired) electrons. The predicted octanol–water partition coefficient (Wildman–Crippen LogP) is 1.98. The highest BCUT2D eigenvalue weighted by Gasteiger charge is 2.52. The third-order valence-electron chi connectivity index (χ3n) is 6.96. The third-order valence-corrected chi connectivity index (χ3v) is 6.96. The first-order chi connectivity index (χ1) is 17.0. The Morgan fingerprint density at radius 1 is 1.23 bits per heavy atom. The molecule has 2 aromatic carbocycles. The van der Waals surface area contributed by atoms with Gasteiger partial charge in [0.1, 0.15) is 12.1 Å². The van der Waals surface area contributed by atoms with E-state index in [1.807, 2.05) is 43.4 Å². The van der Waals surface area contributed by atoms with Gasteiger partial charge < -0.3 is 20.1 Å². The van der Waals surface area contributed by atoms with E-state index in [-0.39, 0.29) is 11.9 Å². The van der Waals surface area contributed by atoms with E-state index >= 15 is 0 Å². The lowest BCUT2D eigenvalue weighted by atomic mass is 9.84. The number of hydrogen-bond acceptors (Lipinski definition) is 7. The summed E-state index contributed by atoms with van der Waals surface area (Å²) in [5, 5.41) is 15.6. The molecule has 0 saturated carbocycles. The largest absolute Gasteiger partial charge is 0.448 e. The van der Waals surface area contributed by atoms with Crippen molar-refractivity contribution in [3.05, 3.63) is 59.2 Å². The Bertz CT molecular complexity index is 1140. The van der Waals surface area contributed by atoms with Crippen LogP contribution in [0.15, 0.2) is 42.5 Å². The van der Waals surface area contributed by atoms with Crippen LogP contribution in [0, 0.1) is 11.3 Å². The lowest BCUT2D eigenvalue weighted by molar-refractivity contribution is -0.133. The van der Waals surface area contributed by atoms with E-state index in [1.54, 1.807) is 0 Å². The molecule has 0 aliphatic carbocycles. The van der Waals surface area contributed by atoms with E-state index in [1.165, 1.54) is 0 Å². The topological polar surface area (TPSA) is 104 Å². The van der Waals surface area contributed by atoms with Crippen LogP contribution in [-0.2, 0) is 26.3 Å². The number of fused-ring (bicyclic) bond motifs is 2. The summed E-state index contributed by atoms with van der Waals surface area (Å²) in [4.78, 5) is 27.1. The van der Waals surface area contributed by atoms with Crippen molar-refractivity contribution in [1.82, 2.24) is 15.5 Å². The van der Waals surface area contributed by atoms with Crippen molar-refractivity contribution in [2.24, 2.45) is 0 Å². The molecule has 3 aliphatic heterocycles. The van der Waals surface area contributed by atoms with E-state index in [0.29, 0.717) is 38.2 Å². The van der Waals surface area contributed by atoms with Gasteiger partial charge in [-0.25, -0.2) is 4.79 Å². The summed E-state index contributed by atoms with van der Waals surface area (Å²) in [6.45, 7) is 3.29. The van der Waals surface area contributed by atoms with Crippen molar-refractivity contribution in [2.75, 3.05) is 39.8 Å². The van der Waals surface area contributed by atoms with Crippen LogP contribution in [0.5, 0.6) is 0 Å². The monoisotopic (exact) mass is 474 g/mol. The number of nitriles is 1. The Kier molecular flexibility index (Phi) is 6.56. The van der Waals surface area contributed by atoms with E-state index in [4.69, 9.17) is 9.47 Å². The number of esters is 1. The standard InChI is InChI=1S/C27H30N4O4/c1-31-16-27(17-31)23-13-20(8-9-22(23)26(33)35-27)19-6-4-18(5-7-19)12-21(14-28)30-25(32)24-15-29-10-2-3-11-34-24/h4-9,13,21,24,29H,2-3,10-12,15-17H2,1H3,(H,30,32)/t21-,24-/m0/s1. The summed E-state index contributed by atoms with van der Waals surface area (Å²) < 4.78 is 11.4. The Hall–Kier alpha value is -3.25. The van der Waals surface area contributed by atoms with Gasteiger partial charge in [0.05, 0.1) is 11.6 Å². The van der Waals surface area contributed by atoms with Gasteiger partial charge in [0.25, 0.3) is 5.91 Å². The maximum Gasteiger partial charge on any atom is 0.339 e. The van der Waals surface area contributed by atoms with E-state index < -0.39 is 17.7 Å². The van der Waals surface area contributed by atoms with E-state index in [0.717, 1.165) is 41.6 Å². The smallest absolute Gasteiger partial charge is 0.339 e. The first kappa shape index (κ1) is 23.5. The van der Waals surface area contributed by atoms with E-state index in [9.17, 15) is 14.9 Å². The average Bonchev–Trinajstić information content (AvgIpc) is 3.10. The molecule has 2 aromatic rings. The molecule has 1 amide bonds. The van der Waals surface area contributed by atoms with Gasteiger partial charge in [-0.15, -0.1) is 0 Å². The fourth-order valence-corrected chi connectivity index (χ4v) is 5.13. The predicted molar refractivity (Wildman–Crippen MR) is 130 cm³/mol. The Balaban J connectivity index is 1.25. The maximum absolute atomic E-state index is 12.6. The summed E-state index contributed by atoms with van der Waals surface area (Å²) in [5.41, 5.74) is 4.07. The van der Waals surface area contributed by atoms with Gasteiger partial charge in [-0.3, -0.25) is 9.69 Å². The SMILES string of the molecule is CN1CC2(C1)OC(=O)c1ccc(-c3ccc(C[C@@H](C#N)NC(=O)[C@@H]4CNCCCCO4)cc3)cc12. The van der Waals surface area contributed by atoms with Gasteiger partial charge in [-0.05, 0) is 55.3 Å². The molecule has 2 fully saturated rings. The average molecular weight is 475 g/mol. The number of ether oxygens (including phenoxy) is 2. The maximum atomic E-state index is 12.6. The fraction of sp³-hybridized carbons (Fsp3) is 0.444. The molecule has 5 rings (SSSR count). The molecule has 2 N–H and O–H groups in total. The Morgan fingerprint density at radius 3 is 2.74 bits per heavy atom. The van der Waals surface area contributed by atoms with E-state index in [2.05, 4.69) is 27.7 Å². The number of nitrogens with zero attached hydrogens (tertiary/aromatic N) is 2. The zero-order valence-corrected chi connectivity index (χ0v) is 19.9. The molecule has 1 spiro atoms. The highest BCUT2D eigenvalue weighted by atomic mass is 16.6. The summed E-state index contributed by atoms with van der Waals surface area (Å²) in [5.74, 6) is -0.506. The van der Waals surface area contributed by atoms with Crippen molar-refractivity contribution in [2.45, 2.75) is 37.0 Å². The molecule has 182 valence electrons. The van der Waals surface area contributed by atoms with Gasteiger partial charge in [-0.2, -0.15) is 5.26 Å². The second kappa shape index (κ2) is 9.78. The minimum Gasteiger partial charge on any atom is -0.448 e. The van der Waals surface area contributed by atoms with Crippen molar-refractivity contribution in [3.63, 3.8) is 0 Å². The van der Waals surface area contributed by atoms with Crippen LogP contribution in [-0.4, -0.2) is 68.8 Å². The van der Waals surface area contributed by atoms with Crippen LogP contribution in [0.2, 0.25) is 0 Å². The molecule has 2 saturated heterocycles. The Morgan fingerprint density at radius 2 is 2.00 bits per heavy atom. The zero-order chi connectivity index (χ0) is 24.4. The minimum absolute atomic E-state index is 0.250. The summed E-state index contributed by atoms with van der Waals surface area (Å²) in [7, 11) is 2.01. The van der Waals surface area contributed by atoms with Crippen LogP contribution >= 0.6 is 0 Å². The molecule has 3 heterocycles. The number of likely N-dealkylation sites (N-methyl/N-ethyl adjacent to an activating group) is 1. The highest BCUT2D eigenvalue weighted by molar-refractivity contribution is 5.96. The molecule has 8 nitrogen and oxygen atoms in total. The molecular weight excluding hydrogens is 444 g/mol. The minimum atomic E-state index is -0.638. The number of rotatable bonds is 5. The van der Waals surface area contributed by atoms with Crippen LogP contribution < -0.4 is 10.6 Å². The van der Waals surface area contributed by atoms with Gasteiger partial charge >= 0.3 is 5.97 Å². The van der Waals surface area contributed by atoms with Gasteiger partial charge in [-0.1, -0.05) is 30.3 Å². The van der Waals surface area contributed by atoms with Crippen LogP contribution in [0.4, 0.5) is 0 Å². The lowest BCUT2D eigenvalue weighted by Gasteiger charge is -2.44. The third kappa shape index (κ3) is 4.80. The normalized spacial score (nSPS) is 22.2. The number of likely N-dealkylation sites (tertiary alicyclic amines) is 1. The number of benzene rings is 2. The van der Waals surface area contributed by atoms with Crippen molar-refractivity contribution < 1.29 is 19.1 Å². The summed E-state index contributed by atoms with van der Waals surface area (Å²) in [6, 6.07) is 15.4. The second-order valence-electron chi connectivity index (χ2n) is 9.68. The first-order valence-electron chi connectivity index (χ1n) is 12.2.